The third-order valence-electron chi connectivity index (χ3n) is 4.07. The van der Waals surface area contributed by atoms with Crippen molar-refractivity contribution in [2.24, 2.45) is 5.92 Å². The predicted octanol–water partition coefficient (Wildman–Crippen LogP) is 3.22. The van der Waals surface area contributed by atoms with Crippen molar-refractivity contribution in [2.75, 3.05) is 23.4 Å². The van der Waals surface area contributed by atoms with E-state index >= 15 is 0 Å². The number of para-hydroxylation sites is 1. The van der Waals surface area contributed by atoms with Crippen molar-refractivity contribution in [3.8, 4) is 5.75 Å². The van der Waals surface area contributed by atoms with Crippen LogP contribution in [0, 0.1) is 11.7 Å². The van der Waals surface area contributed by atoms with Crippen LogP contribution in [-0.4, -0.2) is 25.0 Å². The number of anilines is 2. The molecule has 1 fully saturated rings. The summed E-state index contributed by atoms with van der Waals surface area (Å²) < 4.78 is 19.2. The number of nitrogens with one attached hydrogen (secondary N) is 1. The van der Waals surface area contributed by atoms with Gasteiger partial charge in [-0.1, -0.05) is 12.1 Å². The van der Waals surface area contributed by atoms with Crippen molar-refractivity contribution in [1.82, 2.24) is 0 Å². The van der Waals surface area contributed by atoms with Gasteiger partial charge in [-0.15, -0.1) is 0 Å². The van der Waals surface area contributed by atoms with E-state index in [2.05, 4.69) is 5.32 Å². The highest BCUT2D eigenvalue weighted by Gasteiger charge is 2.36. The van der Waals surface area contributed by atoms with Gasteiger partial charge in [-0.2, -0.15) is 0 Å². The zero-order valence-corrected chi connectivity index (χ0v) is 13.9. The van der Waals surface area contributed by atoms with Crippen molar-refractivity contribution >= 4 is 23.2 Å². The first-order valence-corrected chi connectivity index (χ1v) is 8.17. The fourth-order valence-corrected chi connectivity index (χ4v) is 2.83. The van der Waals surface area contributed by atoms with Crippen LogP contribution >= 0.6 is 0 Å². The molecule has 6 heteroatoms. The van der Waals surface area contributed by atoms with Crippen LogP contribution in [0.5, 0.6) is 5.75 Å². The van der Waals surface area contributed by atoms with Gasteiger partial charge in [0.2, 0.25) is 11.8 Å². The number of nitrogens with zero attached hydrogens (tertiary/aromatic N) is 1. The monoisotopic (exact) mass is 342 g/mol. The second-order valence-corrected chi connectivity index (χ2v) is 5.80. The van der Waals surface area contributed by atoms with Gasteiger partial charge in [0.25, 0.3) is 0 Å². The average Bonchev–Trinajstić information content (AvgIpc) is 2.99. The fourth-order valence-electron chi connectivity index (χ4n) is 2.83. The third-order valence-corrected chi connectivity index (χ3v) is 4.07. The summed E-state index contributed by atoms with van der Waals surface area (Å²) in [6.07, 6.45) is 0.0667. The van der Waals surface area contributed by atoms with Gasteiger partial charge in [0.1, 0.15) is 11.6 Å². The van der Waals surface area contributed by atoms with Crippen LogP contribution in [0.15, 0.2) is 48.5 Å². The molecule has 2 amide bonds. The Morgan fingerprint density at radius 2 is 1.96 bits per heavy atom. The molecule has 0 aliphatic carbocycles. The Hall–Kier alpha value is -2.89. The molecule has 0 bridgehead atoms. The second kappa shape index (κ2) is 7.34. The van der Waals surface area contributed by atoms with Gasteiger partial charge in [-0.25, -0.2) is 4.39 Å². The van der Waals surface area contributed by atoms with Gasteiger partial charge in [-0.3, -0.25) is 9.59 Å². The van der Waals surface area contributed by atoms with E-state index in [1.165, 1.54) is 11.0 Å². The largest absolute Gasteiger partial charge is 0.494 e. The molecule has 0 spiro atoms. The summed E-state index contributed by atoms with van der Waals surface area (Å²) in [5.74, 6) is -0.766. The van der Waals surface area contributed by atoms with Crippen molar-refractivity contribution in [3.05, 3.63) is 54.3 Å². The lowest BCUT2D eigenvalue weighted by Crippen LogP contribution is -2.28. The molecule has 1 N–H and O–H groups in total. The summed E-state index contributed by atoms with van der Waals surface area (Å²) in [6.45, 7) is 2.64. The van der Waals surface area contributed by atoms with Crippen LogP contribution in [-0.2, 0) is 9.59 Å². The van der Waals surface area contributed by atoms with Gasteiger partial charge in [0.15, 0.2) is 0 Å². The number of carbonyl (C=O) groups excluding carboxylic acids is 2. The molecule has 2 aromatic rings. The molecule has 1 saturated heterocycles. The minimum Gasteiger partial charge on any atom is -0.494 e. The highest BCUT2D eigenvalue weighted by molar-refractivity contribution is 6.03. The van der Waals surface area contributed by atoms with Gasteiger partial charge < -0.3 is 15.0 Å². The standard InChI is InChI=1S/C19H19FN2O3/c1-2-25-15-9-7-14(8-10-15)21-19(24)13-11-18(23)22(12-13)17-6-4-3-5-16(17)20/h3-10,13H,2,11-12H2,1H3,(H,21,24)/t13-/m0/s1. The Bertz CT molecular complexity index is 776. The molecule has 0 aromatic heterocycles. The Labute approximate surface area is 145 Å². The number of ether oxygens (including phenoxy) is 1. The molecule has 130 valence electrons. The second-order valence-electron chi connectivity index (χ2n) is 5.80. The molecule has 1 atom stereocenters. The van der Waals surface area contributed by atoms with Crippen molar-refractivity contribution in [2.45, 2.75) is 13.3 Å². The Morgan fingerprint density at radius 3 is 2.64 bits per heavy atom. The zero-order chi connectivity index (χ0) is 17.8. The van der Waals surface area contributed by atoms with E-state index in [1.54, 1.807) is 42.5 Å². The third kappa shape index (κ3) is 3.79. The lowest BCUT2D eigenvalue weighted by Gasteiger charge is -2.17. The van der Waals surface area contributed by atoms with Gasteiger partial charge in [0, 0.05) is 18.7 Å². The number of halogens is 1. The molecule has 5 nitrogen and oxygen atoms in total. The number of hydrogen-bond acceptors (Lipinski definition) is 3. The molecule has 0 radical (unpaired) electrons. The molecule has 0 saturated carbocycles. The van der Waals surface area contributed by atoms with Crippen LogP contribution in [0.25, 0.3) is 0 Å². The smallest absolute Gasteiger partial charge is 0.229 e. The minimum absolute atomic E-state index is 0.0667. The number of hydrogen-bond donors (Lipinski definition) is 1. The Morgan fingerprint density at radius 1 is 1.24 bits per heavy atom. The Balaban J connectivity index is 1.65. The van der Waals surface area contributed by atoms with E-state index in [1.807, 2.05) is 6.92 Å². The molecule has 1 aliphatic rings. The SMILES string of the molecule is CCOc1ccc(NC(=O)[C@H]2CC(=O)N(c3ccccc3F)C2)cc1. The van der Waals surface area contributed by atoms with E-state index in [0.29, 0.717) is 12.3 Å². The summed E-state index contributed by atoms with van der Waals surface area (Å²) in [7, 11) is 0. The lowest BCUT2D eigenvalue weighted by atomic mass is 10.1. The van der Waals surface area contributed by atoms with Crippen LogP contribution in [0.3, 0.4) is 0 Å². The molecule has 2 aromatic carbocycles. The van der Waals surface area contributed by atoms with E-state index in [0.717, 1.165) is 5.75 Å². The van der Waals surface area contributed by atoms with Crippen molar-refractivity contribution in [3.63, 3.8) is 0 Å². The zero-order valence-electron chi connectivity index (χ0n) is 13.9. The quantitative estimate of drug-likeness (QED) is 0.908. The fraction of sp³-hybridized carbons (Fsp3) is 0.263. The summed E-state index contributed by atoms with van der Waals surface area (Å²) in [4.78, 5) is 25.9. The van der Waals surface area contributed by atoms with Gasteiger partial charge in [0.05, 0.1) is 18.2 Å². The lowest BCUT2D eigenvalue weighted by molar-refractivity contribution is -0.122. The first-order chi connectivity index (χ1) is 12.1. The molecule has 0 unspecified atom stereocenters. The summed E-state index contributed by atoms with van der Waals surface area (Å²) in [5.41, 5.74) is 0.842. The number of rotatable bonds is 5. The summed E-state index contributed by atoms with van der Waals surface area (Å²) in [6, 6.07) is 13.1. The number of amides is 2. The molecular weight excluding hydrogens is 323 g/mol. The van der Waals surface area contributed by atoms with E-state index in [-0.39, 0.29) is 30.5 Å². The topological polar surface area (TPSA) is 58.6 Å². The molecule has 25 heavy (non-hydrogen) atoms. The highest BCUT2D eigenvalue weighted by Crippen LogP contribution is 2.28. The molecule has 1 aliphatic heterocycles. The maximum atomic E-state index is 13.9. The first-order valence-electron chi connectivity index (χ1n) is 8.17. The van der Waals surface area contributed by atoms with E-state index in [9.17, 15) is 14.0 Å². The van der Waals surface area contributed by atoms with Gasteiger partial charge in [-0.05, 0) is 43.3 Å². The normalized spacial score (nSPS) is 16.8. The summed E-state index contributed by atoms with van der Waals surface area (Å²) in [5, 5.41) is 2.79. The summed E-state index contributed by atoms with van der Waals surface area (Å²) >= 11 is 0. The first kappa shape index (κ1) is 17.0. The van der Waals surface area contributed by atoms with Gasteiger partial charge >= 0.3 is 0 Å². The molecule has 1 heterocycles. The van der Waals surface area contributed by atoms with E-state index < -0.39 is 11.7 Å². The number of carbonyl (C=O) groups is 2. The van der Waals surface area contributed by atoms with E-state index in [4.69, 9.17) is 4.74 Å². The van der Waals surface area contributed by atoms with Crippen molar-refractivity contribution < 1.29 is 18.7 Å². The molecule has 3 rings (SSSR count). The average molecular weight is 342 g/mol. The highest BCUT2D eigenvalue weighted by atomic mass is 19.1. The van der Waals surface area contributed by atoms with Crippen LogP contribution < -0.4 is 15.0 Å². The minimum atomic E-state index is -0.515. The maximum absolute atomic E-state index is 13.9. The number of benzene rings is 2. The van der Waals surface area contributed by atoms with Crippen LogP contribution in [0.1, 0.15) is 13.3 Å². The molecular formula is C19H19FN2O3. The van der Waals surface area contributed by atoms with Crippen LogP contribution in [0.4, 0.5) is 15.8 Å². The predicted molar refractivity (Wildman–Crippen MR) is 93.1 cm³/mol. The van der Waals surface area contributed by atoms with Crippen LogP contribution in [0.2, 0.25) is 0 Å². The maximum Gasteiger partial charge on any atom is 0.229 e. The van der Waals surface area contributed by atoms with Crippen molar-refractivity contribution in [1.29, 1.82) is 0 Å². The Kier molecular flexibility index (Phi) is 4.97.